The zero-order chi connectivity index (χ0) is 22.1. The zero-order valence-electron chi connectivity index (χ0n) is 18.3. The van der Waals surface area contributed by atoms with E-state index in [1.807, 2.05) is 50.2 Å². The van der Waals surface area contributed by atoms with Gasteiger partial charge in [0, 0.05) is 30.1 Å². The molecule has 1 heterocycles. The van der Waals surface area contributed by atoms with Gasteiger partial charge in [-0.25, -0.2) is 0 Å². The maximum atomic E-state index is 12.7. The van der Waals surface area contributed by atoms with Crippen molar-refractivity contribution in [3.63, 3.8) is 0 Å². The molecule has 0 radical (unpaired) electrons. The van der Waals surface area contributed by atoms with Gasteiger partial charge in [-0.05, 0) is 32.0 Å². The van der Waals surface area contributed by atoms with Gasteiger partial charge in [0.05, 0.1) is 50.7 Å². The highest BCUT2D eigenvalue weighted by Gasteiger charge is 2.20. The van der Waals surface area contributed by atoms with E-state index in [0.29, 0.717) is 37.9 Å². The van der Waals surface area contributed by atoms with Crippen molar-refractivity contribution in [1.29, 1.82) is 0 Å². The molecule has 31 heavy (non-hydrogen) atoms. The first-order valence-corrected chi connectivity index (χ1v) is 11.5. The minimum Gasteiger partial charge on any atom is -0.497 e. The lowest BCUT2D eigenvalue weighted by atomic mass is 10.2. The third-order valence-electron chi connectivity index (χ3n) is 4.70. The predicted molar refractivity (Wildman–Crippen MR) is 124 cm³/mol. The first-order valence-electron chi connectivity index (χ1n) is 10.5. The first-order chi connectivity index (χ1) is 15.1. The maximum Gasteiger partial charge on any atom is 0.234 e. The quantitative estimate of drug-likeness (QED) is 0.552. The van der Waals surface area contributed by atoms with Gasteiger partial charge in [0.15, 0.2) is 0 Å². The Balaban J connectivity index is 1.76. The SMILES string of the molecule is CCOc1cc(N2CCOCC2)c(OCC)cc1NC(=O)CSc1cccc(OC)c1. The van der Waals surface area contributed by atoms with Gasteiger partial charge in [0.2, 0.25) is 5.91 Å². The number of amides is 1. The summed E-state index contributed by atoms with van der Waals surface area (Å²) in [5.41, 5.74) is 1.57. The Morgan fingerprint density at radius 1 is 1.10 bits per heavy atom. The maximum absolute atomic E-state index is 12.7. The van der Waals surface area contributed by atoms with Gasteiger partial charge in [-0.3, -0.25) is 4.79 Å². The highest BCUT2D eigenvalue weighted by Crippen LogP contribution is 2.39. The molecule has 0 bridgehead atoms. The number of ether oxygens (including phenoxy) is 4. The molecule has 0 spiro atoms. The highest BCUT2D eigenvalue weighted by atomic mass is 32.2. The highest BCUT2D eigenvalue weighted by molar-refractivity contribution is 8.00. The average molecular weight is 447 g/mol. The molecule has 168 valence electrons. The van der Waals surface area contributed by atoms with Crippen molar-refractivity contribution in [1.82, 2.24) is 0 Å². The van der Waals surface area contributed by atoms with Crippen LogP contribution in [0.25, 0.3) is 0 Å². The predicted octanol–water partition coefficient (Wildman–Crippen LogP) is 4.06. The summed E-state index contributed by atoms with van der Waals surface area (Å²) in [5, 5.41) is 2.98. The van der Waals surface area contributed by atoms with Crippen molar-refractivity contribution < 1.29 is 23.7 Å². The number of hydrogen-bond donors (Lipinski definition) is 1. The summed E-state index contributed by atoms with van der Waals surface area (Å²) in [5.74, 6) is 2.28. The molecule has 2 aromatic carbocycles. The minimum absolute atomic E-state index is 0.115. The van der Waals surface area contributed by atoms with Crippen molar-refractivity contribution >= 4 is 29.0 Å². The molecule has 1 amide bonds. The number of benzene rings is 2. The van der Waals surface area contributed by atoms with Crippen LogP contribution in [0, 0.1) is 0 Å². The molecule has 2 aromatic rings. The molecule has 0 atom stereocenters. The Hall–Kier alpha value is -2.58. The Morgan fingerprint density at radius 3 is 2.55 bits per heavy atom. The van der Waals surface area contributed by atoms with Gasteiger partial charge in [-0.1, -0.05) is 6.07 Å². The number of carbonyl (C=O) groups excluding carboxylic acids is 1. The number of nitrogens with one attached hydrogen (secondary N) is 1. The summed E-state index contributed by atoms with van der Waals surface area (Å²) in [7, 11) is 1.63. The van der Waals surface area contributed by atoms with E-state index in [9.17, 15) is 4.79 Å². The first kappa shape index (κ1) is 23.1. The lowest BCUT2D eigenvalue weighted by Crippen LogP contribution is -2.36. The molecule has 1 fully saturated rings. The van der Waals surface area contributed by atoms with Gasteiger partial charge in [-0.2, -0.15) is 0 Å². The normalized spacial score (nSPS) is 13.6. The fourth-order valence-electron chi connectivity index (χ4n) is 3.27. The van der Waals surface area contributed by atoms with E-state index in [4.69, 9.17) is 18.9 Å². The third-order valence-corrected chi connectivity index (χ3v) is 5.69. The molecular formula is C23H30N2O5S. The zero-order valence-corrected chi connectivity index (χ0v) is 19.1. The Morgan fingerprint density at radius 2 is 1.84 bits per heavy atom. The second-order valence-corrected chi connectivity index (χ2v) is 7.85. The number of nitrogens with zero attached hydrogens (tertiary/aromatic N) is 1. The second kappa shape index (κ2) is 11.7. The van der Waals surface area contributed by atoms with Gasteiger partial charge in [-0.15, -0.1) is 11.8 Å². The molecule has 0 aromatic heterocycles. The standard InChI is InChI=1S/C23H30N2O5S/c1-4-29-21-15-20(25-9-11-28-12-10-25)22(30-5-2)14-19(21)24-23(26)16-31-18-8-6-7-17(13-18)27-3/h6-8,13-15H,4-5,9-12,16H2,1-3H3,(H,24,26). The average Bonchev–Trinajstić information content (AvgIpc) is 2.80. The molecular weight excluding hydrogens is 416 g/mol. The smallest absolute Gasteiger partial charge is 0.234 e. The van der Waals surface area contributed by atoms with Crippen molar-refractivity contribution in [2.24, 2.45) is 0 Å². The monoisotopic (exact) mass is 446 g/mol. The summed E-state index contributed by atoms with van der Waals surface area (Å²) < 4.78 is 22.4. The van der Waals surface area contributed by atoms with Crippen LogP contribution in [-0.2, 0) is 9.53 Å². The molecule has 3 rings (SSSR count). The van der Waals surface area contributed by atoms with E-state index in [1.165, 1.54) is 11.8 Å². The molecule has 1 aliphatic heterocycles. The third kappa shape index (κ3) is 6.45. The molecule has 7 nitrogen and oxygen atoms in total. The molecule has 0 saturated carbocycles. The van der Waals surface area contributed by atoms with Gasteiger partial charge < -0.3 is 29.2 Å². The van der Waals surface area contributed by atoms with Crippen molar-refractivity contribution in [2.45, 2.75) is 18.7 Å². The van der Waals surface area contributed by atoms with Crippen LogP contribution in [0.2, 0.25) is 0 Å². The Kier molecular flexibility index (Phi) is 8.73. The molecule has 0 aliphatic carbocycles. The number of anilines is 2. The molecule has 1 aliphatic rings. The van der Waals surface area contributed by atoms with Crippen LogP contribution in [-0.4, -0.2) is 58.3 Å². The lowest BCUT2D eigenvalue weighted by molar-refractivity contribution is -0.113. The topological polar surface area (TPSA) is 69.3 Å². The van der Waals surface area contributed by atoms with E-state index >= 15 is 0 Å². The Labute approximate surface area is 188 Å². The van der Waals surface area contributed by atoms with Gasteiger partial charge in [0.1, 0.15) is 17.2 Å². The lowest BCUT2D eigenvalue weighted by Gasteiger charge is -2.31. The summed E-state index contributed by atoms with van der Waals surface area (Å²) in [6.45, 7) is 7.83. The van der Waals surface area contributed by atoms with Crippen molar-refractivity contribution in [3.8, 4) is 17.2 Å². The molecule has 0 unspecified atom stereocenters. The van der Waals surface area contributed by atoms with Crippen molar-refractivity contribution in [3.05, 3.63) is 36.4 Å². The van der Waals surface area contributed by atoms with Gasteiger partial charge >= 0.3 is 0 Å². The minimum atomic E-state index is -0.115. The molecule has 8 heteroatoms. The van der Waals surface area contributed by atoms with E-state index in [1.54, 1.807) is 7.11 Å². The number of hydrogen-bond acceptors (Lipinski definition) is 7. The van der Waals surface area contributed by atoms with Crippen molar-refractivity contribution in [2.75, 3.05) is 62.6 Å². The Bertz CT molecular complexity index is 871. The number of methoxy groups -OCH3 is 1. The number of rotatable bonds is 10. The van der Waals surface area contributed by atoms with Gasteiger partial charge in [0.25, 0.3) is 0 Å². The fraction of sp³-hybridized carbons (Fsp3) is 0.435. The summed E-state index contributed by atoms with van der Waals surface area (Å²) >= 11 is 1.45. The van der Waals surface area contributed by atoms with Crippen LogP contribution in [0.4, 0.5) is 11.4 Å². The van der Waals surface area contributed by atoms with Crippen LogP contribution in [0.5, 0.6) is 17.2 Å². The number of thioether (sulfide) groups is 1. The van der Waals surface area contributed by atoms with Crippen LogP contribution < -0.4 is 24.4 Å². The number of morpholine rings is 1. The van der Waals surface area contributed by atoms with Crippen LogP contribution >= 0.6 is 11.8 Å². The van der Waals surface area contributed by atoms with Crippen LogP contribution in [0.1, 0.15) is 13.8 Å². The van der Waals surface area contributed by atoms with Crippen LogP contribution in [0.15, 0.2) is 41.3 Å². The van der Waals surface area contributed by atoms with E-state index in [2.05, 4.69) is 10.2 Å². The fourth-order valence-corrected chi connectivity index (χ4v) is 4.01. The van der Waals surface area contributed by atoms with E-state index in [0.717, 1.165) is 35.2 Å². The summed E-state index contributed by atoms with van der Waals surface area (Å²) in [6.07, 6.45) is 0. The molecule has 1 saturated heterocycles. The summed E-state index contributed by atoms with van der Waals surface area (Å²) in [4.78, 5) is 15.9. The van der Waals surface area contributed by atoms with Crippen LogP contribution in [0.3, 0.4) is 0 Å². The van der Waals surface area contributed by atoms with E-state index in [-0.39, 0.29) is 11.7 Å². The molecule has 1 N–H and O–H groups in total. The van der Waals surface area contributed by atoms with E-state index < -0.39 is 0 Å². The largest absolute Gasteiger partial charge is 0.497 e. The second-order valence-electron chi connectivity index (χ2n) is 6.80. The summed E-state index contributed by atoms with van der Waals surface area (Å²) in [6, 6.07) is 11.5. The number of carbonyl (C=O) groups is 1.